The summed E-state index contributed by atoms with van der Waals surface area (Å²) in [4.78, 5) is 74.4. The first-order valence-electron chi connectivity index (χ1n) is 24.9. The molecule has 4 N–H and O–H groups in total. The first kappa shape index (κ1) is 47.9. The summed E-state index contributed by atoms with van der Waals surface area (Å²) >= 11 is 3.30. The van der Waals surface area contributed by atoms with Crippen LogP contribution in [0.25, 0.3) is 33.6 Å². The Morgan fingerprint density at radius 2 is 1.10 bits per heavy atom. The number of nitrogens with zero attached hydrogens (tertiary/aromatic N) is 4. The monoisotopic (exact) mass is 984 g/mol. The Morgan fingerprint density at radius 1 is 0.629 bits per heavy atom. The third-order valence-electron chi connectivity index (χ3n) is 15.7. The molecule has 0 spiro atoms. The second-order valence-corrected chi connectivity index (χ2v) is 21.6. The normalized spacial score (nSPS) is 23.0. The number of carbonyl (C=O) groups is 4. The molecule has 4 fully saturated rings. The van der Waals surface area contributed by atoms with Gasteiger partial charge in [-0.25, -0.2) is 19.6 Å². The number of aromatic nitrogens is 4. The van der Waals surface area contributed by atoms with Gasteiger partial charge in [-0.1, -0.05) is 54.6 Å². The number of H-pyrrole nitrogens is 2. The van der Waals surface area contributed by atoms with Crippen molar-refractivity contribution < 1.29 is 28.7 Å². The van der Waals surface area contributed by atoms with Crippen LogP contribution in [0.15, 0.2) is 73.1 Å². The highest BCUT2D eigenvalue weighted by Gasteiger charge is 2.52. The van der Waals surface area contributed by atoms with E-state index in [2.05, 4.69) is 81.3 Å². The molecule has 368 valence electrons. The van der Waals surface area contributed by atoms with Crippen LogP contribution in [-0.4, -0.2) is 116 Å². The molecule has 2 saturated heterocycles. The Balaban J connectivity index is 0.848. The summed E-state index contributed by atoms with van der Waals surface area (Å²) in [6.07, 6.45) is 17.2. The molecule has 4 heterocycles. The summed E-state index contributed by atoms with van der Waals surface area (Å²) in [6, 6.07) is 21.1. The van der Waals surface area contributed by atoms with Crippen molar-refractivity contribution in [1.29, 1.82) is 0 Å². The molecule has 2 aliphatic heterocycles. The number of methoxy groups -OCH3 is 2. The molecule has 2 saturated carbocycles. The second kappa shape index (κ2) is 20.9. The first-order chi connectivity index (χ1) is 34.1. The summed E-state index contributed by atoms with van der Waals surface area (Å²) in [5.41, 5.74) is 11.3. The number of alkyl carbamates (subject to hydrolysis) is 2. The van der Waals surface area contributed by atoms with Crippen molar-refractivity contribution in [3.63, 3.8) is 0 Å². The second-order valence-electron chi connectivity index (χ2n) is 19.7. The first-order valence-corrected chi connectivity index (χ1v) is 27.7. The molecule has 13 rings (SSSR count). The van der Waals surface area contributed by atoms with E-state index in [1.807, 2.05) is 34.7 Å². The van der Waals surface area contributed by atoms with Crippen LogP contribution in [-0.2, 0) is 44.7 Å². The van der Waals surface area contributed by atoms with E-state index in [0.717, 1.165) is 115 Å². The van der Waals surface area contributed by atoms with Crippen LogP contribution in [0, 0.1) is 11.8 Å². The number of amides is 4. The number of hydrogen-bond donors (Lipinski definition) is 4. The summed E-state index contributed by atoms with van der Waals surface area (Å²) in [6.45, 7) is 0. The van der Waals surface area contributed by atoms with Gasteiger partial charge in [-0.2, -0.15) is 23.5 Å². The third kappa shape index (κ3) is 9.57. The van der Waals surface area contributed by atoms with Crippen LogP contribution < -0.4 is 10.6 Å². The molecule has 0 radical (unpaired) electrons. The topological polar surface area (TPSA) is 175 Å². The zero-order valence-corrected chi connectivity index (χ0v) is 42.1. The van der Waals surface area contributed by atoms with Gasteiger partial charge in [0.25, 0.3) is 0 Å². The highest BCUT2D eigenvalue weighted by atomic mass is 32.2. The van der Waals surface area contributed by atoms with Gasteiger partial charge in [0.15, 0.2) is 0 Å². The highest BCUT2D eigenvalue weighted by molar-refractivity contribution is 7.98. The molecule has 8 bridgehead atoms. The van der Waals surface area contributed by atoms with Gasteiger partial charge in [0.1, 0.15) is 23.7 Å². The summed E-state index contributed by atoms with van der Waals surface area (Å²) in [5, 5.41) is 5.63. The van der Waals surface area contributed by atoms with E-state index in [-0.39, 0.29) is 36.0 Å². The Labute approximate surface area is 418 Å². The number of aromatic amines is 2. The van der Waals surface area contributed by atoms with Crippen molar-refractivity contribution in [3.05, 3.63) is 107 Å². The van der Waals surface area contributed by atoms with Crippen LogP contribution >= 0.6 is 23.5 Å². The SMILES string of the molecule is COC(=O)N[C@@H](CCSC)C(=O)N1C2CCC(C2)[C@H]1c1nc(-c2ccc(-c3cc4ccc3CCc3ccc(c(-c5c[nH]c([C@@H]6C7CCC(C7)N6C(=O)[C@H](CCSC)NC(=O)OC)n5)c3)CC4)cc2)c[nH]1. The molecular formula is C54H64N8O6S2. The average molecular weight is 985 g/mol. The van der Waals surface area contributed by atoms with Gasteiger partial charge < -0.3 is 39.9 Å². The fraction of sp³-hybridized carbons (Fsp3) is 0.481. The minimum Gasteiger partial charge on any atom is -0.453 e. The van der Waals surface area contributed by atoms with E-state index in [1.54, 1.807) is 23.5 Å². The number of ether oxygens (including phenoxy) is 2. The number of likely N-dealkylation sites (tertiary alicyclic amines) is 2. The van der Waals surface area contributed by atoms with Gasteiger partial charge in [0.2, 0.25) is 11.8 Å². The van der Waals surface area contributed by atoms with Gasteiger partial charge in [-0.3, -0.25) is 9.59 Å². The van der Waals surface area contributed by atoms with Crippen molar-refractivity contribution in [2.75, 3.05) is 38.2 Å². The Kier molecular flexibility index (Phi) is 14.3. The number of benzene rings is 3. The minimum atomic E-state index is -0.652. The zero-order chi connectivity index (χ0) is 48.5. The smallest absolute Gasteiger partial charge is 0.407 e. The number of hydrogen-bond acceptors (Lipinski definition) is 10. The molecule has 70 heavy (non-hydrogen) atoms. The molecule has 4 unspecified atom stereocenters. The Morgan fingerprint density at radius 3 is 1.61 bits per heavy atom. The Hall–Kier alpha value is -5.74. The van der Waals surface area contributed by atoms with Gasteiger partial charge in [-0.15, -0.1) is 0 Å². The maximum Gasteiger partial charge on any atom is 0.407 e. The summed E-state index contributed by atoms with van der Waals surface area (Å²) < 4.78 is 9.79. The molecule has 4 amide bonds. The lowest BCUT2D eigenvalue weighted by atomic mass is 9.88. The maximum absolute atomic E-state index is 14.2. The van der Waals surface area contributed by atoms with E-state index in [4.69, 9.17) is 19.4 Å². The molecule has 8 atom stereocenters. The number of imidazole rings is 2. The van der Waals surface area contributed by atoms with Gasteiger partial charge in [0.05, 0.1) is 37.7 Å². The van der Waals surface area contributed by atoms with Crippen molar-refractivity contribution in [1.82, 2.24) is 40.4 Å². The summed E-state index contributed by atoms with van der Waals surface area (Å²) in [7, 11) is 2.66. The molecule has 16 heteroatoms. The van der Waals surface area contributed by atoms with E-state index in [0.29, 0.717) is 24.7 Å². The number of carbonyl (C=O) groups excluding carboxylic acids is 4. The molecule has 8 aliphatic rings. The maximum atomic E-state index is 14.2. The largest absolute Gasteiger partial charge is 0.453 e. The number of thioether (sulfide) groups is 2. The Bertz CT molecular complexity index is 2720. The number of fused-ring (bicyclic) bond motifs is 4. The molecular weight excluding hydrogens is 921 g/mol. The van der Waals surface area contributed by atoms with Crippen LogP contribution in [0.5, 0.6) is 0 Å². The lowest BCUT2D eigenvalue weighted by Gasteiger charge is -2.36. The number of nitrogens with one attached hydrogen (secondary N) is 4. The molecule has 2 aromatic heterocycles. The average Bonchev–Trinajstić information content (AvgIpc) is 4.27. The molecule has 5 aromatic rings. The zero-order valence-electron chi connectivity index (χ0n) is 40.5. The van der Waals surface area contributed by atoms with Crippen LogP contribution in [0.4, 0.5) is 9.59 Å². The predicted octanol–water partition coefficient (Wildman–Crippen LogP) is 9.08. The van der Waals surface area contributed by atoms with E-state index >= 15 is 0 Å². The molecule has 3 aromatic carbocycles. The van der Waals surface area contributed by atoms with E-state index < -0.39 is 24.3 Å². The van der Waals surface area contributed by atoms with Crippen molar-refractivity contribution >= 4 is 47.5 Å². The quantitative estimate of drug-likeness (QED) is 0.0793. The van der Waals surface area contributed by atoms with E-state index in [9.17, 15) is 19.2 Å². The fourth-order valence-corrected chi connectivity index (χ4v) is 13.1. The van der Waals surface area contributed by atoms with Gasteiger partial charge in [0, 0.05) is 35.6 Å². The molecule has 14 nitrogen and oxygen atoms in total. The van der Waals surface area contributed by atoms with Crippen molar-refractivity contribution in [2.45, 2.75) is 113 Å². The number of piperidine rings is 2. The highest BCUT2D eigenvalue weighted by Crippen LogP contribution is 2.51. The standard InChI is InChI=1S/C54H64N8O6S2/c1-67-53(65)59-43(21-23-69-3)51(63)61-39-19-17-37(27-39)47(61)49-55-29-45(57-49)36-15-13-34(14-16-36)41-25-31-5-9-33(41)10-6-32-8-12-35(11-7-31)42(26-32)46-30-56-50(58-46)48-38-18-20-40(28-38)62(48)52(64)44(22-24-70-4)60-54(66)68-2/h5,8-9,12-16,25-26,29-30,37-40,43-44,47-48H,6-7,10-11,17-24,27-28H2,1-4H3,(H,55,57)(H,56,58)(H,59,65)(H,60,66)/t37?,38?,39?,40?,43-,44-,47-,48-/m0/s1. The number of rotatable bonds is 15. The lowest BCUT2D eigenvalue weighted by molar-refractivity contribution is -0.139. The number of aryl methyl sites for hydroxylation is 4. The van der Waals surface area contributed by atoms with Gasteiger partial charge >= 0.3 is 12.2 Å². The molecule has 6 aliphatic carbocycles. The van der Waals surface area contributed by atoms with Crippen LogP contribution in [0.3, 0.4) is 0 Å². The van der Waals surface area contributed by atoms with Crippen LogP contribution in [0.1, 0.15) is 97.4 Å². The third-order valence-corrected chi connectivity index (χ3v) is 17.0. The minimum absolute atomic E-state index is 0.0586. The van der Waals surface area contributed by atoms with E-state index in [1.165, 1.54) is 42.0 Å². The van der Waals surface area contributed by atoms with Crippen LogP contribution in [0.2, 0.25) is 0 Å². The predicted molar refractivity (Wildman–Crippen MR) is 274 cm³/mol. The summed E-state index contributed by atoms with van der Waals surface area (Å²) in [5.74, 6) is 3.61. The van der Waals surface area contributed by atoms with Crippen molar-refractivity contribution in [2.24, 2.45) is 11.8 Å². The van der Waals surface area contributed by atoms with Gasteiger partial charge in [-0.05, 0) is 152 Å². The fourth-order valence-electron chi connectivity index (χ4n) is 12.2. The lowest BCUT2D eigenvalue weighted by Crippen LogP contribution is -2.52. The van der Waals surface area contributed by atoms with Crippen molar-refractivity contribution in [3.8, 4) is 33.6 Å².